The molecule has 0 aliphatic heterocycles. The van der Waals surface area contributed by atoms with E-state index in [1.165, 1.54) is 12.1 Å². The lowest BCUT2D eigenvalue weighted by Crippen LogP contribution is -2.20. The molecule has 0 heterocycles. The van der Waals surface area contributed by atoms with Gasteiger partial charge in [0.05, 0.1) is 0 Å². The molecule has 0 saturated heterocycles. The minimum absolute atomic E-state index is 0.0106. The maximum Gasteiger partial charge on any atom is 0.299 e. The summed E-state index contributed by atoms with van der Waals surface area (Å²) in [6, 6.07) is 4.52. The van der Waals surface area contributed by atoms with Gasteiger partial charge in [0.15, 0.2) is 5.96 Å². The van der Waals surface area contributed by atoms with E-state index in [4.69, 9.17) is 5.41 Å². The van der Waals surface area contributed by atoms with Crippen molar-refractivity contribution in [1.29, 1.82) is 5.41 Å². The van der Waals surface area contributed by atoms with Crippen molar-refractivity contribution in [3.63, 3.8) is 0 Å². The Bertz CT molecular complexity index is 337. The summed E-state index contributed by atoms with van der Waals surface area (Å²) in [6.07, 6.45) is 0. The fourth-order valence-corrected chi connectivity index (χ4v) is 0.582. The minimum atomic E-state index is -0.951. The molecule has 8 heteroatoms. The fraction of sp³-hybridized carbons (Fsp3) is 0. The number of guanidine groups is 1. The Hall–Kier alpha value is -2.38. The zero-order valence-corrected chi connectivity index (χ0v) is 7.51. The molecule has 0 aliphatic carbocycles. The molecule has 0 unspecified atom stereocenters. The summed E-state index contributed by atoms with van der Waals surface area (Å²) in [4.78, 5) is 13.8. The molecular formula is C7H9FN4O3. The van der Waals surface area contributed by atoms with E-state index >= 15 is 0 Å². The molecule has 0 atom stereocenters. The SMILES string of the molecule is N=C(N)N.O=[N+]([O-])Oc1ccc(F)cc1. The number of hydrogen-bond donors (Lipinski definition) is 3. The van der Waals surface area contributed by atoms with Gasteiger partial charge >= 0.3 is 0 Å². The van der Waals surface area contributed by atoms with Crippen LogP contribution in [0.1, 0.15) is 0 Å². The molecular weight excluding hydrogens is 207 g/mol. The molecule has 0 radical (unpaired) electrons. The molecule has 7 nitrogen and oxygen atoms in total. The lowest BCUT2D eigenvalue weighted by molar-refractivity contribution is -0.711. The van der Waals surface area contributed by atoms with E-state index in [1.807, 2.05) is 0 Å². The number of rotatable bonds is 2. The standard InChI is InChI=1S/C6H4FNO3.CH5N3/c7-5-1-3-6(4-2-5)11-8(9)10;2-1(3)4/h1-4H;(H5,2,3,4). The van der Waals surface area contributed by atoms with E-state index < -0.39 is 10.9 Å². The number of nitrogens with two attached hydrogens (primary N) is 2. The van der Waals surface area contributed by atoms with E-state index in [1.54, 1.807) is 0 Å². The van der Waals surface area contributed by atoms with Crippen LogP contribution in [0.2, 0.25) is 0 Å². The van der Waals surface area contributed by atoms with Crippen LogP contribution in [0.4, 0.5) is 4.39 Å². The van der Waals surface area contributed by atoms with Crippen LogP contribution < -0.4 is 16.3 Å². The van der Waals surface area contributed by atoms with Gasteiger partial charge < -0.3 is 11.5 Å². The highest BCUT2D eigenvalue weighted by Gasteiger charge is 1.97. The van der Waals surface area contributed by atoms with Gasteiger partial charge in [-0.3, -0.25) is 10.2 Å². The van der Waals surface area contributed by atoms with Gasteiger partial charge in [-0.25, -0.2) is 4.39 Å². The Kier molecular flexibility index (Phi) is 5.16. The Morgan fingerprint density at radius 1 is 1.40 bits per heavy atom. The lowest BCUT2D eigenvalue weighted by Gasteiger charge is -1.95. The van der Waals surface area contributed by atoms with Crippen molar-refractivity contribution in [2.45, 2.75) is 0 Å². The summed E-state index contributed by atoms with van der Waals surface area (Å²) < 4.78 is 12.2. The summed E-state index contributed by atoms with van der Waals surface area (Å²) in [5.74, 6) is -0.780. The van der Waals surface area contributed by atoms with E-state index in [0.717, 1.165) is 12.1 Å². The van der Waals surface area contributed by atoms with Gasteiger partial charge in [-0.05, 0) is 24.3 Å². The Morgan fingerprint density at radius 3 is 2.13 bits per heavy atom. The molecule has 0 aliphatic rings. The Balaban J connectivity index is 0.000000423. The first-order valence-electron chi connectivity index (χ1n) is 3.59. The highest BCUT2D eigenvalue weighted by molar-refractivity contribution is 5.71. The summed E-state index contributed by atoms with van der Waals surface area (Å²) in [6.45, 7) is 0. The predicted molar refractivity (Wildman–Crippen MR) is 50.1 cm³/mol. The fourth-order valence-electron chi connectivity index (χ4n) is 0.582. The van der Waals surface area contributed by atoms with Gasteiger partial charge in [-0.2, -0.15) is 0 Å². The van der Waals surface area contributed by atoms with Crippen LogP contribution in [-0.2, 0) is 0 Å². The molecule has 1 rings (SSSR count). The maximum absolute atomic E-state index is 12.2. The molecule has 0 aromatic heterocycles. The van der Waals surface area contributed by atoms with Crippen molar-refractivity contribution < 1.29 is 14.3 Å². The second-order valence-corrected chi connectivity index (χ2v) is 2.22. The third-order valence-electron chi connectivity index (χ3n) is 0.994. The molecule has 15 heavy (non-hydrogen) atoms. The third-order valence-corrected chi connectivity index (χ3v) is 0.994. The molecule has 5 N–H and O–H groups in total. The zero-order valence-electron chi connectivity index (χ0n) is 7.51. The van der Waals surface area contributed by atoms with Gasteiger partial charge in [0.1, 0.15) is 11.6 Å². The van der Waals surface area contributed by atoms with Crippen molar-refractivity contribution in [2.75, 3.05) is 0 Å². The normalized spacial score (nSPS) is 8.33. The molecule has 0 amide bonds. The van der Waals surface area contributed by atoms with Crippen molar-refractivity contribution in [1.82, 2.24) is 0 Å². The van der Waals surface area contributed by atoms with E-state index in [9.17, 15) is 14.5 Å². The summed E-state index contributed by atoms with van der Waals surface area (Å²) in [5, 5.41) is 14.8. The largest absolute Gasteiger partial charge is 0.370 e. The second kappa shape index (κ2) is 6.13. The first kappa shape index (κ1) is 12.6. The summed E-state index contributed by atoms with van der Waals surface area (Å²) >= 11 is 0. The first-order chi connectivity index (χ1) is 6.91. The van der Waals surface area contributed by atoms with Gasteiger partial charge in [0.25, 0.3) is 5.09 Å². The minimum Gasteiger partial charge on any atom is -0.370 e. The van der Waals surface area contributed by atoms with Crippen molar-refractivity contribution in [3.8, 4) is 5.75 Å². The average molecular weight is 216 g/mol. The van der Waals surface area contributed by atoms with E-state index in [0.29, 0.717) is 0 Å². The van der Waals surface area contributed by atoms with Gasteiger partial charge in [0, 0.05) is 0 Å². The second-order valence-electron chi connectivity index (χ2n) is 2.22. The smallest absolute Gasteiger partial charge is 0.299 e. The lowest BCUT2D eigenvalue weighted by atomic mass is 10.3. The highest BCUT2D eigenvalue weighted by Crippen LogP contribution is 2.10. The molecule has 0 fully saturated rings. The molecule has 0 saturated carbocycles. The Labute approximate surface area is 84.1 Å². The monoisotopic (exact) mass is 216 g/mol. The van der Waals surface area contributed by atoms with Gasteiger partial charge in [-0.15, -0.1) is 10.1 Å². The van der Waals surface area contributed by atoms with Crippen LogP contribution in [0.15, 0.2) is 24.3 Å². The highest BCUT2D eigenvalue weighted by atomic mass is 19.1. The number of halogens is 1. The van der Waals surface area contributed by atoms with Crippen LogP contribution in [0.25, 0.3) is 0 Å². The number of nitrogens with zero attached hydrogens (tertiary/aromatic N) is 1. The van der Waals surface area contributed by atoms with Crippen LogP contribution in [0.3, 0.4) is 0 Å². The summed E-state index contributed by atoms with van der Waals surface area (Å²) in [7, 11) is 0. The molecule has 0 bridgehead atoms. The Morgan fingerprint density at radius 2 is 1.80 bits per heavy atom. The first-order valence-corrected chi connectivity index (χ1v) is 3.59. The molecule has 1 aromatic carbocycles. The van der Waals surface area contributed by atoms with Crippen molar-refractivity contribution in [3.05, 3.63) is 40.2 Å². The quantitative estimate of drug-likeness (QED) is 0.282. The third kappa shape index (κ3) is 7.96. The topological polar surface area (TPSA) is 128 Å². The van der Waals surface area contributed by atoms with Crippen LogP contribution >= 0.6 is 0 Å². The maximum atomic E-state index is 12.2. The number of nitrogens with one attached hydrogen (secondary N) is 1. The average Bonchev–Trinajstić information content (AvgIpc) is 2.07. The van der Waals surface area contributed by atoms with E-state index in [2.05, 4.69) is 16.3 Å². The molecule has 0 spiro atoms. The van der Waals surface area contributed by atoms with Gasteiger partial charge in [0.2, 0.25) is 0 Å². The predicted octanol–water partition coefficient (Wildman–Crippen LogP) is 0.235. The van der Waals surface area contributed by atoms with Crippen molar-refractivity contribution >= 4 is 5.96 Å². The molecule has 1 aromatic rings. The number of hydrogen-bond acceptors (Lipinski definition) is 4. The van der Waals surface area contributed by atoms with E-state index in [-0.39, 0.29) is 11.7 Å². The van der Waals surface area contributed by atoms with Crippen LogP contribution in [0.5, 0.6) is 5.75 Å². The van der Waals surface area contributed by atoms with Crippen molar-refractivity contribution in [2.24, 2.45) is 11.5 Å². The van der Waals surface area contributed by atoms with Gasteiger partial charge in [-0.1, -0.05) is 0 Å². The molecule has 82 valence electrons. The number of benzene rings is 1. The van der Waals surface area contributed by atoms with Crippen LogP contribution in [-0.4, -0.2) is 11.0 Å². The van der Waals surface area contributed by atoms with Crippen LogP contribution in [0, 0.1) is 21.3 Å². The summed E-state index contributed by atoms with van der Waals surface area (Å²) in [5.41, 5.74) is 8.94. The zero-order chi connectivity index (χ0) is 11.8.